The molecule has 1 rings (SSSR count). The summed E-state index contributed by atoms with van der Waals surface area (Å²) in [6, 6.07) is 7.21. The third kappa shape index (κ3) is 4.16. The molecule has 1 aromatic carbocycles. The average molecular weight is 233 g/mol. The Balaban J connectivity index is 2.83. The van der Waals surface area contributed by atoms with Crippen LogP contribution in [0.25, 0.3) is 0 Å². The molecule has 0 bridgehead atoms. The van der Waals surface area contributed by atoms with Gasteiger partial charge in [0.2, 0.25) is 0 Å². The van der Waals surface area contributed by atoms with Crippen LogP contribution < -0.4 is 5.32 Å². The molecule has 1 heteroatoms. The number of benzene rings is 1. The van der Waals surface area contributed by atoms with Crippen LogP contribution in [-0.4, -0.2) is 6.54 Å². The second kappa shape index (κ2) is 7.50. The van der Waals surface area contributed by atoms with Crippen molar-refractivity contribution in [1.29, 1.82) is 0 Å². The van der Waals surface area contributed by atoms with Gasteiger partial charge >= 0.3 is 0 Å². The van der Waals surface area contributed by atoms with E-state index >= 15 is 0 Å². The van der Waals surface area contributed by atoms with E-state index in [2.05, 4.69) is 51.2 Å². The molecular weight excluding hydrogens is 206 g/mol. The maximum atomic E-state index is 3.69. The quantitative estimate of drug-likeness (QED) is 0.729. The van der Waals surface area contributed by atoms with Gasteiger partial charge in [-0.3, -0.25) is 0 Å². The third-order valence-corrected chi connectivity index (χ3v) is 3.51. The molecule has 0 radical (unpaired) electrons. The first-order chi connectivity index (χ1) is 8.20. The molecule has 96 valence electrons. The predicted molar refractivity (Wildman–Crippen MR) is 76.5 cm³/mol. The van der Waals surface area contributed by atoms with Gasteiger partial charge in [0.15, 0.2) is 0 Å². The van der Waals surface area contributed by atoms with Gasteiger partial charge in [-0.25, -0.2) is 0 Å². The zero-order chi connectivity index (χ0) is 12.7. The first-order valence-electron chi connectivity index (χ1n) is 7.00. The number of hydrogen-bond acceptors (Lipinski definition) is 1. The Morgan fingerprint density at radius 1 is 1.12 bits per heavy atom. The SMILES string of the molecule is CCCCC(NCCC)c1cccc(C)c1C. The van der Waals surface area contributed by atoms with E-state index in [1.165, 1.54) is 42.4 Å². The predicted octanol–water partition coefficient (Wildman–Crippen LogP) is 4.53. The first kappa shape index (κ1) is 14.2. The second-order valence-electron chi connectivity index (χ2n) is 4.94. The van der Waals surface area contributed by atoms with Gasteiger partial charge in [0, 0.05) is 6.04 Å². The highest BCUT2D eigenvalue weighted by atomic mass is 14.9. The largest absolute Gasteiger partial charge is 0.310 e. The van der Waals surface area contributed by atoms with Crippen LogP contribution in [-0.2, 0) is 0 Å². The Kier molecular flexibility index (Phi) is 6.28. The Hall–Kier alpha value is -0.820. The van der Waals surface area contributed by atoms with Gasteiger partial charge in [-0.2, -0.15) is 0 Å². The van der Waals surface area contributed by atoms with E-state index in [4.69, 9.17) is 0 Å². The highest BCUT2D eigenvalue weighted by molar-refractivity contribution is 5.35. The topological polar surface area (TPSA) is 12.0 Å². The van der Waals surface area contributed by atoms with Gasteiger partial charge in [-0.05, 0) is 49.9 Å². The van der Waals surface area contributed by atoms with Crippen molar-refractivity contribution in [2.45, 2.75) is 59.4 Å². The van der Waals surface area contributed by atoms with Crippen molar-refractivity contribution in [3.05, 3.63) is 34.9 Å². The van der Waals surface area contributed by atoms with Crippen LogP contribution in [0.1, 0.15) is 62.3 Å². The molecule has 0 heterocycles. The smallest absolute Gasteiger partial charge is 0.0322 e. The molecule has 1 N–H and O–H groups in total. The van der Waals surface area contributed by atoms with Gasteiger partial charge in [0.05, 0.1) is 0 Å². The van der Waals surface area contributed by atoms with Crippen LogP contribution in [0.2, 0.25) is 0 Å². The summed E-state index contributed by atoms with van der Waals surface area (Å²) in [5.74, 6) is 0. The van der Waals surface area contributed by atoms with Crippen LogP contribution >= 0.6 is 0 Å². The van der Waals surface area contributed by atoms with E-state index in [0.29, 0.717) is 6.04 Å². The summed E-state index contributed by atoms with van der Waals surface area (Å²) in [4.78, 5) is 0. The minimum Gasteiger partial charge on any atom is -0.310 e. The molecule has 0 aliphatic rings. The first-order valence-corrected chi connectivity index (χ1v) is 7.00. The fraction of sp³-hybridized carbons (Fsp3) is 0.625. The lowest BCUT2D eigenvalue weighted by Gasteiger charge is -2.21. The van der Waals surface area contributed by atoms with E-state index < -0.39 is 0 Å². The van der Waals surface area contributed by atoms with E-state index in [9.17, 15) is 0 Å². The fourth-order valence-electron chi connectivity index (χ4n) is 2.25. The highest BCUT2D eigenvalue weighted by Crippen LogP contribution is 2.24. The molecule has 0 spiro atoms. The van der Waals surface area contributed by atoms with Crippen LogP contribution in [0.3, 0.4) is 0 Å². The summed E-state index contributed by atoms with van der Waals surface area (Å²) >= 11 is 0. The highest BCUT2D eigenvalue weighted by Gasteiger charge is 2.12. The van der Waals surface area contributed by atoms with Crippen molar-refractivity contribution in [3.63, 3.8) is 0 Å². The van der Waals surface area contributed by atoms with E-state index in [-0.39, 0.29) is 0 Å². The van der Waals surface area contributed by atoms with Crippen LogP contribution in [0.15, 0.2) is 18.2 Å². The molecule has 0 saturated carbocycles. The molecule has 1 nitrogen and oxygen atoms in total. The van der Waals surface area contributed by atoms with Crippen molar-refractivity contribution in [2.75, 3.05) is 6.54 Å². The van der Waals surface area contributed by atoms with Gasteiger partial charge in [0.1, 0.15) is 0 Å². The van der Waals surface area contributed by atoms with Crippen molar-refractivity contribution in [3.8, 4) is 0 Å². The van der Waals surface area contributed by atoms with E-state index in [1.807, 2.05) is 0 Å². The number of nitrogens with one attached hydrogen (secondary N) is 1. The number of aryl methyl sites for hydroxylation is 1. The standard InChI is InChI=1S/C16H27N/c1-5-7-11-16(17-12-6-2)15-10-8-9-13(3)14(15)4/h8-10,16-17H,5-7,11-12H2,1-4H3. The summed E-state index contributed by atoms with van der Waals surface area (Å²) in [7, 11) is 0. The molecule has 1 atom stereocenters. The molecule has 0 aliphatic carbocycles. The molecule has 17 heavy (non-hydrogen) atoms. The second-order valence-corrected chi connectivity index (χ2v) is 4.94. The van der Waals surface area contributed by atoms with Crippen molar-refractivity contribution < 1.29 is 0 Å². The molecule has 0 saturated heterocycles. The lowest BCUT2D eigenvalue weighted by Crippen LogP contribution is -2.23. The lowest BCUT2D eigenvalue weighted by atomic mass is 9.94. The summed E-state index contributed by atoms with van der Waals surface area (Å²) in [5, 5.41) is 3.69. The summed E-state index contributed by atoms with van der Waals surface area (Å²) in [6.45, 7) is 10.1. The Bertz CT molecular complexity index is 322. The van der Waals surface area contributed by atoms with Crippen LogP contribution in [0.4, 0.5) is 0 Å². The van der Waals surface area contributed by atoms with Gasteiger partial charge < -0.3 is 5.32 Å². The van der Waals surface area contributed by atoms with Crippen molar-refractivity contribution in [1.82, 2.24) is 5.32 Å². The Labute approximate surface area is 107 Å². The average Bonchev–Trinajstić information content (AvgIpc) is 2.34. The fourth-order valence-corrected chi connectivity index (χ4v) is 2.25. The minimum atomic E-state index is 0.537. The molecular formula is C16H27N. The molecule has 0 amide bonds. The normalized spacial score (nSPS) is 12.7. The molecule has 0 aromatic heterocycles. The Morgan fingerprint density at radius 2 is 1.88 bits per heavy atom. The van der Waals surface area contributed by atoms with Crippen molar-refractivity contribution >= 4 is 0 Å². The number of rotatable bonds is 7. The third-order valence-electron chi connectivity index (χ3n) is 3.51. The lowest BCUT2D eigenvalue weighted by molar-refractivity contribution is 0.479. The Morgan fingerprint density at radius 3 is 2.53 bits per heavy atom. The molecule has 1 aromatic rings. The number of unbranched alkanes of at least 4 members (excludes halogenated alkanes) is 1. The molecule has 1 unspecified atom stereocenters. The van der Waals surface area contributed by atoms with Gasteiger partial charge in [-0.15, -0.1) is 0 Å². The zero-order valence-electron chi connectivity index (χ0n) is 11.8. The molecule has 0 aliphatic heterocycles. The van der Waals surface area contributed by atoms with Crippen molar-refractivity contribution in [2.24, 2.45) is 0 Å². The number of hydrogen-bond donors (Lipinski definition) is 1. The summed E-state index contributed by atoms with van der Waals surface area (Å²) in [6.07, 6.45) is 5.03. The summed E-state index contributed by atoms with van der Waals surface area (Å²) < 4.78 is 0. The zero-order valence-corrected chi connectivity index (χ0v) is 11.8. The van der Waals surface area contributed by atoms with Gasteiger partial charge in [-0.1, -0.05) is 44.9 Å². The van der Waals surface area contributed by atoms with E-state index in [0.717, 1.165) is 6.54 Å². The maximum absolute atomic E-state index is 3.69. The molecule has 0 fully saturated rings. The maximum Gasteiger partial charge on any atom is 0.0322 e. The van der Waals surface area contributed by atoms with Crippen LogP contribution in [0, 0.1) is 13.8 Å². The summed E-state index contributed by atoms with van der Waals surface area (Å²) in [5.41, 5.74) is 4.35. The monoisotopic (exact) mass is 233 g/mol. The van der Waals surface area contributed by atoms with E-state index in [1.54, 1.807) is 0 Å². The van der Waals surface area contributed by atoms with Crippen LogP contribution in [0.5, 0.6) is 0 Å². The minimum absolute atomic E-state index is 0.537. The van der Waals surface area contributed by atoms with Gasteiger partial charge in [0.25, 0.3) is 0 Å².